The fourth-order valence-electron chi connectivity index (χ4n) is 2.33. The molecule has 0 aliphatic carbocycles. The van der Waals surface area contributed by atoms with Crippen molar-refractivity contribution in [1.82, 2.24) is 0 Å². The van der Waals surface area contributed by atoms with E-state index in [1.165, 1.54) is 16.7 Å². The second kappa shape index (κ2) is 17.1. The Morgan fingerprint density at radius 1 is 0.935 bits per heavy atom. The summed E-state index contributed by atoms with van der Waals surface area (Å²) in [6.07, 6.45) is 4.27. The van der Waals surface area contributed by atoms with Gasteiger partial charge in [0.25, 0.3) is 0 Å². The number of hydrogen-bond acceptors (Lipinski definition) is 5. The Labute approximate surface area is 197 Å². The molecule has 0 aliphatic rings. The minimum Gasteiger partial charge on any atom is -0.497 e. The Morgan fingerprint density at radius 2 is 1.45 bits per heavy atom. The number of nitrogens with two attached hydrogens (primary N) is 2. The minimum atomic E-state index is 0.710. The quantitative estimate of drug-likeness (QED) is 0.141. The third kappa shape index (κ3) is 12.6. The minimum absolute atomic E-state index is 0.710. The van der Waals surface area contributed by atoms with E-state index in [9.17, 15) is 0 Å². The predicted molar refractivity (Wildman–Crippen MR) is 141 cm³/mol. The third-order valence-corrected chi connectivity index (χ3v) is 4.27. The van der Waals surface area contributed by atoms with Crippen LogP contribution in [0.2, 0.25) is 5.02 Å². The van der Waals surface area contributed by atoms with Crippen LogP contribution in [-0.2, 0) is 6.42 Å². The normalized spacial score (nSPS) is 9.39. The van der Waals surface area contributed by atoms with E-state index in [0.717, 1.165) is 23.4 Å². The summed E-state index contributed by atoms with van der Waals surface area (Å²) in [6, 6.07) is 21.5. The van der Waals surface area contributed by atoms with Crippen molar-refractivity contribution >= 4 is 36.1 Å². The van der Waals surface area contributed by atoms with Crippen molar-refractivity contribution in [3.8, 4) is 5.75 Å². The molecule has 0 amide bonds. The van der Waals surface area contributed by atoms with Gasteiger partial charge in [0, 0.05) is 10.7 Å². The molecule has 6 heteroatoms. The zero-order valence-electron chi connectivity index (χ0n) is 19.0. The van der Waals surface area contributed by atoms with Crippen molar-refractivity contribution in [3.63, 3.8) is 0 Å². The summed E-state index contributed by atoms with van der Waals surface area (Å²) in [4.78, 5) is 0. The van der Waals surface area contributed by atoms with Gasteiger partial charge in [-0.25, -0.2) is 0 Å². The van der Waals surface area contributed by atoms with Crippen molar-refractivity contribution in [2.24, 2.45) is 10.9 Å². The Morgan fingerprint density at radius 3 is 1.87 bits per heavy atom. The molecule has 0 fully saturated rings. The first-order valence-electron chi connectivity index (χ1n) is 9.78. The summed E-state index contributed by atoms with van der Waals surface area (Å²) >= 11 is 9.33. The molecule has 0 aromatic heterocycles. The fourth-order valence-corrected chi connectivity index (χ4v) is 2.51. The van der Waals surface area contributed by atoms with Crippen LogP contribution in [0, 0.1) is 13.8 Å². The molecule has 0 spiro atoms. The van der Waals surface area contributed by atoms with Crippen molar-refractivity contribution in [3.05, 3.63) is 94.0 Å². The van der Waals surface area contributed by atoms with Gasteiger partial charge in [-0.15, -0.1) is 0 Å². The first-order valence-corrected chi connectivity index (χ1v) is 11.1. The zero-order valence-corrected chi connectivity index (χ0v) is 20.6. The van der Waals surface area contributed by atoms with Crippen molar-refractivity contribution in [1.29, 1.82) is 0 Å². The smallest absolute Gasteiger partial charge is 0.119 e. The van der Waals surface area contributed by atoms with Gasteiger partial charge in [-0.1, -0.05) is 60.0 Å². The number of methoxy groups -OCH3 is 1. The van der Waals surface area contributed by atoms with E-state index in [1.807, 2.05) is 30.3 Å². The molecule has 31 heavy (non-hydrogen) atoms. The van der Waals surface area contributed by atoms with Gasteiger partial charge in [0.15, 0.2) is 0 Å². The van der Waals surface area contributed by atoms with Gasteiger partial charge in [0.05, 0.1) is 13.3 Å². The molecule has 3 rings (SSSR count). The number of anilines is 1. The molecule has 4 nitrogen and oxygen atoms in total. The van der Waals surface area contributed by atoms with Crippen molar-refractivity contribution in [2.45, 2.75) is 27.2 Å². The van der Waals surface area contributed by atoms with Gasteiger partial charge >= 0.3 is 0 Å². The Kier molecular flexibility index (Phi) is 15.6. The van der Waals surface area contributed by atoms with Crippen molar-refractivity contribution in [2.75, 3.05) is 19.1 Å². The van der Waals surface area contributed by atoms with Gasteiger partial charge in [-0.2, -0.15) is 17.7 Å². The highest BCUT2D eigenvalue weighted by atomic mass is 35.5. The maximum absolute atomic E-state index is 5.81. The van der Waals surface area contributed by atoms with Crippen LogP contribution >= 0.6 is 24.2 Å². The molecule has 4 N–H and O–H groups in total. The molecule has 0 unspecified atom stereocenters. The number of thiol groups is 1. The van der Waals surface area contributed by atoms with Crippen LogP contribution in [0.15, 0.2) is 71.8 Å². The lowest BCUT2D eigenvalue weighted by Gasteiger charge is -2.01. The maximum Gasteiger partial charge on any atom is 0.119 e. The molecular formula is C25H34ClN3OS. The molecular weight excluding hydrogens is 426 g/mol. The number of nitrogen functional groups attached to an aromatic ring is 1. The van der Waals surface area contributed by atoms with Crippen LogP contribution in [0.5, 0.6) is 5.75 Å². The molecule has 0 bridgehead atoms. The maximum atomic E-state index is 5.81. The van der Waals surface area contributed by atoms with Crippen molar-refractivity contribution < 1.29 is 4.74 Å². The monoisotopic (exact) mass is 459 g/mol. The number of hydrazone groups is 1. The topological polar surface area (TPSA) is 73.6 Å². The van der Waals surface area contributed by atoms with Gasteiger partial charge in [0.2, 0.25) is 0 Å². The molecule has 3 aromatic rings. The predicted octanol–water partition coefficient (Wildman–Crippen LogP) is 6.32. The second-order valence-electron chi connectivity index (χ2n) is 6.40. The number of rotatable bonds is 3. The summed E-state index contributed by atoms with van der Waals surface area (Å²) in [5, 5.41) is 4.18. The summed E-state index contributed by atoms with van der Waals surface area (Å²) in [7, 11) is 1.63. The molecule has 0 saturated carbocycles. The van der Waals surface area contributed by atoms with Gasteiger partial charge in [-0.05, 0) is 74.0 Å². The van der Waals surface area contributed by atoms with Crippen LogP contribution in [0.25, 0.3) is 0 Å². The lowest BCUT2D eigenvalue weighted by Crippen LogP contribution is -1.93. The fraction of sp³-hybridized carbons (Fsp3) is 0.240. The van der Waals surface area contributed by atoms with Crippen LogP contribution < -0.4 is 16.3 Å². The lowest BCUT2D eigenvalue weighted by molar-refractivity contribution is 0.415. The first-order chi connectivity index (χ1) is 14.9. The third-order valence-electron chi connectivity index (χ3n) is 4.04. The number of ether oxygens (including phenoxy) is 1. The number of benzene rings is 3. The van der Waals surface area contributed by atoms with Gasteiger partial charge < -0.3 is 16.3 Å². The van der Waals surface area contributed by atoms with E-state index in [1.54, 1.807) is 31.7 Å². The van der Waals surface area contributed by atoms with E-state index >= 15 is 0 Å². The van der Waals surface area contributed by atoms with E-state index in [4.69, 9.17) is 27.9 Å². The van der Waals surface area contributed by atoms with Crippen LogP contribution in [0.1, 0.15) is 29.2 Å². The molecule has 0 heterocycles. The van der Waals surface area contributed by atoms with Crippen LogP contribution in [0.4, 0.5) is 5.69 Å². The Bertz CT molecular complexity index is 861. The zero-order chi connectivity index (χ0) is 23.6. The molecule has 0 saturated heterocycles. The largest absolute Gasteiger partial charge is 0.497 e. The standard InChI is InChI=1S/C9H11ClN2.C8H10.C7H9NO.CH4S/c1-2-7-3-4-9(10)5-8(7)6-12-11;1-7-3-5-8(2)6-4-7;1-9-7-4-2-6(8)3-5-7;1-2/h3-6H,2,11H2,1H3;3-6H,1-2H3;2-5H,8H2,1H3;2H,1H3/b12-6+;;;. The molecule has 0 atom stereocenters. The highest BCUT2D eigenvalue weighted by molar-refractivity contribution is 7.79. The van der Waals surface area contributed by atoms with E-state index in [0.29, 0.717) is 5.02 Å². The van der Waals surface area contributed by atoms with Crippen LogP contribution in [-0.4, -0.2) is 19.6 Å². The highest BCUT2D eigenvalue weighted by Crippen LogP contribution is 2.15. The molecule has 0 radical (unpaired) electrons. The average molecular weight is 460 g/mol. The summed E-state index contributed by atoms with van der Waals surface area (Å²) in [5.74, 6) is 5.90. The molecule has 168 valence electrons. The highest BCUT2D eigenvalue weighted by Gasteiger charge is 1.98. The van der Waals surface area contributed by atoms with Crippen LogP contribution in [0.3, 0.4) is 0 Å². The second-order valence-corrected chi connectivity index (χ2v) is 6.84. The summed E-state index contributed by atoms with van der Waals surface area (Å²) in [5.41, 5.74) is 11.0. The SMILES string of the molecule is CCc1ccc(Cl)cc1/C=N/N.COc1ccc(N)cc1.CS.Cc1ccc(C)cc1. The lowest BCUT2D eigenvalue weighted by atomic mass is 10.1. The number of aryl methyl sites for hydroxylation is 3. The number of nitrogens with zero attached hydrogens (tertiary/aromatic N) is 1. The summed E-state index contributed by atoms with van der Waals surface area (Å²) in [6.45, 7) is 6.27. The van der Waals surface area contributed by atoms with Gasteiger partial charge in [-0.3, -0.25) is 0 Å². The Balaban J connectivity index is 0.000000427. The average Bonchev–Trinajstić information content (AvgIpc) is 2.79. The number of halogens is 1. The van der Waals surface area contributed by atoms with E-state index in [2.05, 4.69) is 62.8 Å². The molecule has 3 aromatic carbocycles. The number of hydrogen-bond donors (Lipinski definition) is 3. The van der Waals surface area contributed by atoms with E-state index < -0.39 is 0 Å². The molecule has 0 aliphatic heterocycles. The summed E-state index contributed by atoms with van der Waals surface area (Å²) < 4.78 is 4.91. The Hall–Kier alpha value is -2.63. The van der Waals surface area contributed by atoms with Gasteiger partial charge in [0.1, 0.15) is 5.75 Å². The van der Waals surface area contributed by atoms with E-state index in [-0.39, 0.29) is 0 Å². The first kappa shape index (κ1) is 28.4.